The second-order valence-electron chi connectivity index (χ2n) is 3.36. The minimum Gasteiger partial charge on any atom is -0.465 e. The van der Waals surface area contributed by atoms with Crippen molar-refractivity contribution < 1.29 is 9.53 Å². The van der Waals surface area contributed by atoms with Gasteiger partial charge in [-0.15, -0.1) is 11.8 Å². The molecule has 2 aromatic rings. The molecule has 0 amide bonds. The molecule has 0 fully saturated rings. The molecule has 0 aliphatic carbocycles. The highest BCUT2D eigenvalue weighted by Crippen LogP contribution is 2.28. The summed E-state index contributed by atoms with van der Waals surface area (Å²) in [5.74, 6) is -0.322. The molecular formula is C12H10INO2S. The van der Waals surface area contributed by atoms with Crippen LogP contribution in [0.3, 0.4) is 0 Å². The molecule has 5 heteroatoms. The zero-order valence-electron chi connectivity index (χ0n) is 9.36. The van der Waals surface area contributed by atoms with E-state index in [1.165, 1.54) is 7.11 Å². The first kappa shape index (κ1) is 12.6. The Morgan fingerprint density at radius 2 is 2.24 bits per heavy atom. The van der Waals surface area contributed by atoms with Crippen molar-refractivity contribution in [3.8, 4) is 0 Å². The van der Waals surface area contributed by atoms with Crippen molar-refractivity contribution in [3.63, 3.8) is 0 Å². The number of ether oxygens (including phenoxy) is 1. The number of aromatic nitrogens is 1. The van der Waals surface area contributed by atoms with Crippen molar-refractivity contribution >= 4 is 51.2 Å². The number of thioether (sulfide) groups is 1. The maximum Gasteiger partial charge on any atom is 0.337 e. The quantitative estimate of drug-likeness (QED) is 0.468. The molecular weight excluding hydrogens is 349 g/mol. The van der Waals surface area contributed by atoms with E-state index < -0.39 is 0 Å². The Kier molecular flexibility index (Phi) is 3.88. The van der Waals surface area contributed by atoms with Crippen LogP contribution < -0.4 is 0 Å². The highest BCUT2D eigenvalue weighted by molar-refractivity contribution is 14.1. The second-order valence-corrected chi connectivity index (χ2v) is 5.29. The monoisotopic (exact) mass is 359 g/mol. The van der Waals surface area contributed by atoms with E-state index in [4.69, 9.17) is 4.74 Å². The standard InChI is InChI=1S/C12H10INO2S/c1-16-12(15)7-3-4-9-8(5-7)11(13)10(17-2)6-14-9/h3-6H,1-2H3. The molecule has 0 aliphatic rings. The van der Waals surface area contributed by atoms with Gasteiger partial charge in [0.15, 0.2) is 0 Å². The SMILES string of the molecule is COC(=O)c1ccc2ncc(SC)c(I)c2c1. The number of esters is 1. The number of carbonyl (C=O) groups excluding carboxylic acids is 1. The number of pyridine rings is 1. The van der Waals surface area contributed by atoms with Crippen LogP contribution in [-0.2, 0) is 4.74 Å². The van der Waals surface area contributed by atoms with Crippen molar-refractivity contribution in [1.29, 1.82) is 0 Å². The van der Waals surface area contributed by atoms with Crippen LogP contribution in [0.25, 0.3) is 10.9 Å². The van der Waals surface area contributed by atoms with Gasteiger partial charge in [-0.05, 0) is 47.0 Å². The van der Waals surface area contributed by atoms with E-state index in [2.05, 4.69) is 27.6 Å². The normalized spacial score (nSPS) is 10.5. The Labute approximate surface area is 117 Å². The molecule has 0 saturated heterocycles. The molecule has 3 nitrogen and oxygen atoms in total. The summed E-state index contributed by atoms with van der Waals surface area (Å²) in [5.41, 5.74) is 1.44. The van der Waals surface area contributed by atoms with Crippen molar-refractivity contribution in [1.82, 2.24) is 4.98 Å². The number of hydrogen-bond donors (Lipinski definition) is 0. The van der Waals surface area contributed by atoms with Gasteiger partial charge in [-0.25, -0.2) is 4.79 Å². The van der Waals surface area contributed by atoms with Crippen molar-refractivity contribution in [3.05, 3.63) is 33.5 Å². The highest BCUT2D eigenvalue weighted by atomic mass is 127. The smallest absolute Gasteiger partial charge is 0.337 e. The Hall–Kier alpha value is -0.820. The molecule has 2 rings (SSSR count). The lowest BCUT2D eigenvalue weighted by atomic mass is 10.1. The molecule has 88 valence electrons. The Balaban J connectivity index is 2.66. The highest BCUT2D eigenvalue weighted by Gasteiger charge is 2.10. The van der Waals surface area contributed by atoms with Crippen molar-refractivity contribution in [2.75, 3.05) is 13.4 Å². The summed E-state index contributed by atoms with van der Waals surface area (Å²) in [6.07, 6.45) is 3.86. The van der Waals surface area contributed by atoms with Gasteiger partial charge in [-0.2, -0.15) is 0 Å². The molecule has 0 bridgehead atoms. The van der Waals surface area contributed by atoms with Crippen LogP contribution in [0.5, 0.6) is 0 Å². The first-order chi connectivity index (χ1) is 8.17. The fraction of sp³-hybridized carbons (Fsp3) is 0.167. The first-order valence-electron chi connectivity index (χ1n) is 4.88. The molecule has 0 spiro atoms. The van der Waals surface area contributed by atoms with Gasteiger partial charge in [-0.3, -0.25) is 4.98 Å². The fourth-order valence-corrected chi connectivity index (χ4v) is 3.21. The molecule has 0 N–H and O–H groups in total. The zero-order chi connectivity index (χ0) is 12.4. The lowest BCUT2D eigenvalue weighted by Gasteiger charge is -2.06. The van der Waals surface area contributed by atoms with Gasteiger partial charge in [0.05, 0.1) is 18.2 Å². The Morgan fingerprint density at radius 3 is 2.88 bits per heavy atom. The third kappa shape index (κ3) is 2.40. The summed E-state index contributed by atoms with van der Waals surface area (Å²) in [7, 11) is 1.38. The zero-order valence-corrected chi connectivity index (χ0v) is 12.3. The molecule has 0 aliphatic heterocycles. The molecule has 0 radical (unpaired) electrons. The van der Waals surface area contributed by atoms with E-state index >= 15 is 0 Å². The number of halogens is 1. The Bertz CT molecular complexity index is 586. The van der Waals surface area contributed by atoms with Gasteiger partial charge in [0.2, 0.25) is 0 Å². The third-order valence-corrected chi connectivity index (χ3v) is 4.69. The summed E-state index contributed by atoms with van der Waals surface area (Å²) in [6.45, 7) is 0. The molecule has 0 atom stereocenters. The number of nitrogens with zero attached hydrogens (tertiary/aromatic N) is 1. The predicted octanol–water partition coefficient (Wildman–Crippen LogP) is 3.35. The summed E-state index contributed by atoms with van der Waals surface area (Å²) in [5, 5.41) is 0.986. The van der Waals surface area contributed by atoms with Crippen LogP contribution in [0.4, 0.5) is 0 Å². The maximum absolute atomic E-state index is 11.5. The Morgan fingerprint density at radius 1 is 1.47 bits per heavy atom. The van der Waals surface area contributed by atoms with Crippen LogP contribution in [0.2, 0.25) is 0 Å². The lowest BCUT2D eigenvalue weighted by molar-refractivity contribution is 0.0601. The van der Waals surface area contributed by atoms with Gasteiger partial charge in [0, 0.05) is 20.0 Å². The van der Waals surface area contributed by atoms with Crippen molar-refractivity contribution in [2.24, 2.45) is 0 Å². The number of rotatable bonds is 2. The summed E-state index contributed by atoms with van der Waals surface area (Å²) < 4.78 is 5.83. The van der Waals surface area contributed by atoms with Crippen LogP contribution in [0, 0.1) is 3.57 Å². The maximum atomic E-state index is 11.5. The van der Waals surface area contributed by atoms with Gasteiger partial charge in [0.1, 0.15) is 0 Å². The molecule has 1 aromatic carbocycles. The van der Waals surface area contributed by atoms with E-state index in [9.17, 15) is 4.79 Å². The molecule has 1 aromatic heterocycles. The van der Waals surface area contributed by atoms with Gasteiger partial charge < -0.3 is 4.74 Å². The van der Waals surface area contributed by atoms with Crippen LogP contribution in [-0.4, -0.2) is 24.3 Å². The minimum absolute atomic E-state index is 0.322. The summed E-state index contributed by atoms with van der Waals surface area (Å²) >= 11 is 3.92. The van der Waals surface area contributed by atoms with E-state index in [1.807, 2.05) is 24.6 Å². The number of fused-ring (bicyclic) bond motifs is 1. The van der Waals surface area contributed by atoms with Gasteiger partial charge in [-0.1, -0.05) is 0 Å². The van der Waals surface area contributed by atoms with Gasteiger partial charge in [0.25, 0.3) is 0 Å². The topological polar surface area (TPSA) is 39.2 Å². The molecule has 1 heterocycles. The molecule has 17 heavy (non-hydrogen) atoms. The summed E-state index contributed by atoms with van der Waals surface area (Å²) in [4.78, 5) is 16.9. The molecule has 0 saturated carbocycles. The largest absolute Gasteiger partial charge is 0.465 e. The number of carbonyl (C=O) groups is 1. The third-order valence-electron chi connectivity index (χ3n) is 2.41. The number of benzene rings is 1. The lowest BCUT2D eigenvalue weighted by Crippen LogP contribution is -2.01. The average molecular weight is 359 g/mol. The van der Waals surface area contributed by atoms with Crippen LogP contribution >= 0.6 is 34.4 Å². The van der Waals surface area contributed by atoms with Gasteiger partial charge >= 0.3 is 5.97 Å². The van der Waals surface area contributed by atoms with Crippen LogP contribution in [0.1, 0.15) is 10.4 Å². The fourth-order valence-electron chi connectivity index (χ4n) is 1.53. The predicted molar refractivity (Wildman–Crippen MR) is 77.6 cm³/mol. The average Bonchev–Trinajstić information content (AvgIpc) is 2.38. The summed E-state index contributed by atoms with van der Waals surface area (Å²) in [6, 6.07) is 5.40. The van der Waals surface area contributed by atoms with E-state index in [0.29, 0.717) is 5.56 Å². The number of hydrogen-bond acceptors (Lipinski definition) is 4. The van der Waals surface area contributed by atoms with E-state index in [1.54, 1.807) is 17.8 Å². The van der Waals surface area contributed by atoms with E-state index in [0.717, 1.165) is 19.4 Å². The van der Waals surface area contributed by atoms with Crippen molar-refractivity contribution in [2.45, 2.75) is 4.90 Å². The molecule has 0 unspecified atom stereocenters. The minimum atomic E-state index is -0.322. The number of methoxy groups -OCH3 is 1. The first-order valence-corrected chi connectivity index (χ1v) is 7.18. The van der Waals surface area contributed by atoms with E-state index in [-0.39, 0.29) is 5.97 Å². The van der Waals surface area contributed by atoms with Crippen LogP contribution in [0.15, 0.2) is 29.3 Å². The second kappa shape index (κ2) is 5.22.